The van der Waals surface area contributed by atoms with Crippen LogP contribution in [0.25, 0.3) is 0 Å². The molecule has 0 aromatic heterocycles. The Bertz CT molecular complexity index is 428. The first-order chi connectivity index (χ1) is 8.06. The Morgan fingerprint density at radius 1 is 1.53 bits per heavy atom. The molecule has 0 saturated carbocycles. The lowest BCUT2D eigenvalue weighted by Gasteiger charge is -2.30. The number of nitrogens with zero attached hydrogens (tertiary/aromatic N) is 1. The highest BCUT2D eigenvalue weighted by atomic mass is 79.9. The molecular formula is C13H17BrN2O. The van der Waals surface area contributed by atoms with E-state index in [0.717, 1.165) is 16.6 Å². The van der Waals surface area contributed by atoms with Crippen molar-refractivity contribution in [2.75, 3.05) is 11.9 Å². The number of nitriles is 1. The molecule has 0 saturated heterocycles. The van der Waals surface area contributed by atoms with E-state index in [4.69, 9.17) is 10.4 Å². The summed E-state index contributed by atoms with van der Waals surface area (Å²) in [7, 11) is 0. The predicted octanol–water partition coefficient (Wildman–Crippen LogP) is 3.28. The van der Waals surface area contributed by atoms with Crippen LogP contribution in [0, 0.1) is 11.3 Å². The fourth-order valence-corrected chi connectivity index (χ4v) is 2.10. The number of rotatable bonds is 5. The lowest BCUT2D eigenvalue weighted by atomic mass is 9.94. The van der Waals surface area contributed by atoms with Crippen LogP contribution in [0.2, 0.25) is 0 Å². The Labute approximate surface area is 111 Å². The summed E-state index contributed by atoms with van der Waals surface area (Å²) in [6.45, 7) is 4.24. The highest BCUT2D eigenvalue weighted by Gasteiger charge is 2.22. The van der Waals surface area contributed by atoms with Crippen molar-refractivity contribution in [2.24, 2.45) is 0 Å². The third kappa shape index (κ3) is 3.45. The minimum atomic E-state index is -0.193. The first kappa shape index (κ1) is 14.0. The van der Waals surface area contributed by atoms with E-state index in [1.165, 1.54) is 0 Å². The Balaban J connectivity index is 3.02. The van der Waals surface area contributed by atoms with Gasteiger partial charge in [0, 0.05) is 16.6 Å². The second kappa shape index (κ2) is 6.04. The van der Waals surface area contributed by atoms with Crippen LogP contribution < -0.4 is 5.32 Å². The third-order valence-electron chi connectivity index (χ3n) is 3.01. The monoisotopic (exact) mass is 296 g/mol. The van der Waals surface area contributed by atoms with E-state index >= 15 is 0 Å². The maximum Gasteiger partial charge on any atom is 0.103 e. The molecule has 0 radical (unpaired) electrons. The molecule has 1 atom stereocenters. The van der Waals surface area contributed by atoms with Crippen molar-refractivity contribution < 1.29 is 5.11 Å². The van der Waals surface area contributed by atoms with Crippen LogP contribution in [0.3, 0.4) is 0 Å². The molecule has 0 bridgehead atoms. The normalized spacial score (nSPS) is 13.8. The molecule has 92 valence electrons. The van der Waals surface area contributed by atoms with Gasteiger partial charge in [-0.15, -0.1) is 0 Å². The van der Waals surface area contributed by atoms with E-state index < -0.39 is 0 Å². The zero-order chi connectivity index (χ0) is 12.9. The summed E-state index contributed by atoms with van der Waals surface area (Å²) < 4.78 is 0.785. The van der Waals surface area contributed by atoms with E-state index in [2.05, 4.69) is 34.2 Å². The van der Waals surface area contributed by atoms with Crippen LogP contribution in [-0.4, -0.2) is 17.3 Å². The molecule has 4 heteroatoms. The van der Waals surface area contributed by atoms with Gasteiger partial charge in [-0.2, -0.15) is 5.26 Å². The van der Waals surface area contributed by atoms with Crippen molar-refractivity contribution in [1.29, 1.82) is 5.26 Å². The van der Waals surface area contributed by atoms with Crippen LogP contribution in [0.5, 0.6) is 0 Å². The molecule has 0 fully saturated rings. The van der Waals surface area contributed by atoms with E-state index in [1.54, 1.807) is 0 Å². The van der Waals surface area contributed by atoms with Gasteiger partial charge in [0.1, 0.15) is 6.07 Å². The fourth-order valence-electron chi connectivity index (χ4n) is 1.64. The van der Waals surface area contributed by atoms with Crippen molar-refractivity contribution in [3.8, 4) is 6.07 Å². The smallest absolute Gasteiger partial charge is 0.103 e. The SMILES string of the molecule is CCC(C)(CCO)Nc1cccc(Br)c1C#N. The third-order valence-corrected chi connectivity index (χ3v) is 3.67. The van der Waals surface area contributed by atoms with E-state index in [9.17, 15) is 0 Å². The molecular weight excluding hydrogens is 280 g/mol. The Morgan fingerprint density at radius 3 is 2.76 bits per heavy atom. The number of hydrogen-bond donors (Lipinski definition) is 2. The molecule has 0 amide bonds. The number of hydrogen-bond acceptors (Lipinski definition) is 3. The first-order valence-corrected chi connectivity index (χ1v) is 6.43. The highest BCUT2D eigenvalue weighted by molar-refractivity contribution is 9.10. The summed E-state index contributed by atoms with van der Waals surface area (Å²) in [5.74, 6) is 0. The zero-order valence-electron chi connectivity index (χ0n) is 10.1. The Kier molecular flexibility index (Phi) is 4.98. The Hall–Kier alpha value is -1.05. The van der Waals surface area contributed by atoms with Gasteiger partial charge in [0.2, 0.25) is 0 Å². The van der Waals surface area contributed by atoms with Crippen molar-refractivity contribution >= 4 is 21.6 Å². The molecule has 0 heterocycles. The molecule has 2 N–H and O–H groups in total. The van der Waals surface area contributed by atoms with Gasteiger partial charge in [0.05, 0.1) is 11.3 Å². The summed E-state index contributed by atoms with van der Waals surface area (Å²) in [6, 6.07) is 7.80. The number of aliphatic hydroxyl groups excluding tert-OH is 1. The maximum atomic E-state index is 9.13. The molecule has 1 aromatic carbocycles. The summed E-state index contributed by atoms with van der Waals surface area (Å²) in [5, 5.41) is 21.6. The standard InChI is InChI=1S/C13H17BrN2O/c1-3-13(2,7-8-17)16-12-6-4-5-11(14)10(12)9-15/h4-6,16-17H,3,7-8H2,1-2H3. The number of benzene rings is 1. The summed E-state index contributed by atoms with van der Waals surface area (Å²) in [4.78, 5) is 0. The van der Waals surface area contributed by atoms with Gasteiger partial charge in [-0.3, -0.25) is 0 Å². The molecule has 0 aliphatic rings. The molecule has 1 unspecified atom stereocenters. The van der Waals surface area contributed by atoms with Crippen molar-refractivity contribution in [2.45, 2.75) is 32.2 Å². The van der Waals surface area contributed by atoms with Crippen LogP contribution in [-0.2, 0) is 0 Å². The summed E-state index contributed by atoms with van der Waals surface area (Å²) in [6.07, 6.45) is 1.53. The summed E-state index contributed by atoms with van der Waals surface area (Å²) in [5.41, 5.74) is 1.21. The van der Waals surface area contributed by atoms with Gasteiger partial charge in [-0.05, 0) is 47.8 Å². The second-order valence-electron chi connectivity index (χ2n) is 4.29. The fraction of sp³-hybridized carbons (Fsp3) is 0.462. The van der Waals surface area contributed by atoms with Crippen molar-refractivity contribution in [3.05, 3.63) is 28.2 Å². The quantitative estimate of drug-likeness (QED) is 0.877. The van der Waals surface area contributed by atoms with Crippen LogP contribution >= 0.6 is 15.9 Å². The van der Waals surface area contributed by atoms with Gasteiger partial charge in [0.15, 0.2) is 0 Å². The van der Waals surface area contributed by atoms with Gasteiger partial charge in [0.25, 0.3) is 0 Å². The average molecular weight is 297 g/mol. The zero-order valence-corrected chi connectivity index (χ0v) is 11.7. The van der Waals surface area contributed by atoms with Crippen LogP contribution in [0.4, 0.5) is 5.69 Å². The lowest BCUT2D eigenvalue weighted by Crippen LogP contribution is -2.35. The molecule has 1 aromatic rings. The largest absolute Gasteiger partial charge is 0.396 e. The predicted molar refractivity (Wildman–Crippen MR) is 72.9 cm³/mol. The Morgan fingerprint density at radius 2 is 2.24 bits per heavy atom. The molecule has 0 aliphatic heterocycles. The van der Waals surface area contributed by atoms with Crippen molar-refractivity contribution in [3.63, 3.8) is 0 Å². The molecule has 1 rings (SSSR count). The van der Waals surface area contributed by atoms with Gasteiger partial charge in [-0.25, -0.2) is 0 Å². The van der Waals surface area contributed by atoms with E-state index in [1.807, 2.05) is 25.1 Å². The minimum absolute atomic E-state index is 0.132. The van der Waals surface area contributed by atoms with Crippen LogP contribution in [0.15, 0.2) is 22.7 Å². The molecule has 0 spiro atoms. The minimum Gasteiger partial charge on any atom is -0.396 e. The molecule has 0 aliphatic carbocycles. The van der Waals surface area contributed by atoms with Crippen molar-refractivity contribution in [1.82, 2.24) is 0 Å². The topological polar surface area (TPSA) is 56.0 Å². The number of halogens is 1. The van der Waals surface area contributed by atoms with E-state index in [0.29, 0.717) is 12.0 Å². The summed E-state index contributed by atoms with van der Waals surface area (Å²) >= 11 is 3.36. The lowest BCUT2D eigenvalue weighted by molar-refractivity contribution is 0.252. The number of anilines is 1. The average Bonchev–Trinajstić information content (AvgIpc) is 2.30. The van der Waals surface area contributed by atoms with Gasteiger partial charge < -0.3 is 10.4 Å². The van der Waals surface area contributed by atoms with Gasteiger partial charge in [-0.1, -0.05) is 13.0 Å². The van der Waals surface area contributed by atoms with Gasteiger partial charge >= 0.3 is 0 Å². The second-order valence-corrected chi connectivity index (χ2v) is 5.14. The van der Waals surface area contributed by atoms with E-state index in [-0.39, 0.29) is 12.1 Å². The first-order valence-electron chi connectivity index (χ1n) is 5.64. The highest BCUT2D eigenvalue weighted by Crippen LogP contribution is 2.28. The molecule has 3 nitrogen and oxygen atoms in total. The number of nitrogens with one attached hydrogen (secondary N) is 1. The molecule has 17 heavy (non-hydrogen) atoms. The van der Waals surface area contributed by atoms with Crippen LogP contribution in [0.1, 0.15) is 32.3 Å². The number of aliphatic hydroxyl groups is 1. The maximum absolute atomic E-state index is 9.13.